The number of hydrogen-bond donors (Lipinski definition) is 0. The highest BCUT2D eigenvalue weighted by molar-refractivity contribution is 6.17. The molecular formula is C13H14ClNO2. The molecule has 0 unspecified atom stereocenters. The Morgan fingerprint density at radius 1 is 1.47 bits per heavy atom. The summed E-state index contributed by atoms with van der Waals surface area (Å²) in [5.41, 5.74) is 2.97. The Morgan fingerprint density at radius 3 is 2.65 bits per heavy atom. The Balaban J connectivity index is 3.04. The fourth-order valence-corrected chi connectivity index (χ4v) is 1.86. The number of hydrogen-bond acceptors (Lipinski definition) is 3. The number of rotatable bonds is 4. The van der Waals surface area contributed by atoms with Crippen LogP contribution in [0.4, 0.5) is 0 Å². The van der Waals surface area contributed by atoms with Crippen molar-refractivity contribution in [1.82, 2.24) is 0 Å². The monoisotopic (exact) mass is 251 g/mol. The quantitative estimate of drug-likeness (QED) is 0.611. The molecule has 17 heavy (non-hydrogen) atoms. The maximum absolute atomic E-state index is 11.4. The molecule has 0 amide bonds. The summed E-state index contributed by atoms with van der Waals surface area (Å²) in [5.74, 6) is 0.0155. The maximum Gasteiger partial charge on any atom is 0.310 e. The van der Waals surface area contributed by atoms with Crippen molar-refractivity contribution in [2.24, 2.45) is 0 Å². The van der Waals surface area contributed by atoms with Gasteiger partial charge in [0.2, 0.25) is 0 Å². The van der Waals surface area contributed by atoms with Crippen LogP contribution in [0.3, 0.4) is 0 Å². The number of nitrogens with zero attached hydrogens (tertiary/aromatic N) is 1. The standard InChI is InChI=1S/C13H14ClNO2/c1-3-17-13(16)6-10-4-5-11(7-14)12(8-15)9(10)2/h4-5H,3,6-7H2,1-2H3. The van der Waals surface area contributed by atoms with Gasteiger partial charge in [-0.3, -0.25) is 4.79 Å². The van der Waals surface area contributed by atoms with E-state index in [0.29, 0.717) is 18.1 Å². The molecule has 0 saturated heterocycles. The number of carbonyl (C=O) groups excluding carboxylic acids is 1. The first-order valence-corrected chi connectivity index (χ1v) is 5.90. The second-order valence-corrected chi connectivity index (χ2v) is 3.88. The SMILES string of the molecule is CCOC(=O)Cc1ccc(CCl)c(C#N)c1C. The van der Waals surface area contributed by atoms with Gasteiger partial charge in [-0.25, -0.2) is 0 Å². The molecule has 0 atom stereocenters. The Morgan fingerprint density at radius 2 is 2.12 bits per heavy atom. The first-order chi connectivity index (χ1) is 8.13. The Bertz CT molecular complexity index is 463. The van der Waals surface area contributed by atoms with E-state index in [4.69, 9.17) is 21.6 Å². The van der Waals surface area contributed by atoms with Crippen LogP contribution in [0.25, 0.3) is 0 Å². The van der Waals surface area contributed by atoms with E-state index in [-0.39, 0.29) is 12.4 Å². The summed E-state index contributed by atoms with van der Waals surface area (Å²) >= 11 is 5.75. The lowest BCUT2D eigenvalue weighted by Gasteiger charge is -2.09. The molecule has 0 aromatic heterocycles. The number of esters is 1. The van der Waals surface area contributed by atoms with Crippen LogP contribution in [0.5, 0.6) is 0 Å². The highest BCUT2D eigenvalue weighted by atomic mass is 35.5. The first-order valence-electron chi connectivity index (χ1n) is 5.37. The lowest BCUT2D eigenvalue weighted by atomic mass is 9.97. The molecule has 0 aliphatic heterocycles. The van der Waals surface area contributed by atoms with Crippen molar-refractivity contribution in [2.75, 3.05) is 6.61 Å². The molecule has 0 heterocycles. The molecule has 0 radical (unpaired) electrons. The minimum Gasteiger partial charge on any atom is -0.466 e. The van der Waals surface area contributed by atoms with Crippen molar-refractivity contribution in [3.8, 4) is 6.07 Å². The molecule has 0 saturated carbocycles. The molecule has 1 aromatic carbocycles. The predicted octanol–water partition coefficient (Wildman–Crippen LogP) is 2.71. The lowest BCUT2D eigenvalue weighted by Crippen LogP contribution is -2.09. The molecule has 0 N–H and O–H groups in total. The lowest BCUT2D eigenvalue weighted by molar-refractivity contribution is -0.142. The van der Waals surface area contributed by atoms with Crippen molar-refractivity contribution in [3.63, 3.8) is 0 Å². The third kappa shape index (κ3) is 3.21. The van der Waals surface area contributed by atoms with Crippen molar-refractivity contribution in [1.29, 1.82) is 5.26 Å². The molecule has 0 aliphatic rings. The number of ether oxygens (including phenoxy) is 1. The minimum absolute atomic E-state index is 0.191. The molecule has 4 heteroatoms. The van der Waals surface area contributed by atoms with Crippen LogP contribution in [0.2, 0.25) is 0 Å². The first kappa shape index (κ1) is 13.5. The van der Waals surface area contributed by atoms with Crippen molar-refractivity contribution in [3.05, 3.63) is 34.4 Å². The van der Waals surface area contributed by atoms with Gasteiger partial charge in [0.05, 0.1) is 24.7 Å². The van der Waals surface area contributed by atoms with Gasteiger partial charge in [-0.05, 0) is 30.5 Å². The van der Waals surface area contributed by atoms with Crippen LogP contribution >= 0.6 is 11.6 Å². The molecule has 0 bridgehead atoms. The topological polar surface area (TPSA) is 50.1 Å². The average Bonchev–Trinajstić information content (AvgIpc) is 2.31. The molecular weight excluding hydrogens is 238 g/mol. The van der Waals surface area contributed by atoms with Gasteiger partial charge in [-0.1, -0.05) is 12.1 Å². The third-order valence-electron chi connectivity index (χ3n) is 2.56. The average molecular weight is 252 g/mol. The van der Waals surface area contributed by atoms with E-state index in [2.05, 4.69) is 6.07 Å². The van der Waals surface area contributed by atoms with Crippen molar-refractivity contribution < 1.29 is 9.53 Å². The minimum atomic E-state index is -0.280. The summed E-state index contributed by atoms with van der Waals surface area (Å²) in [6.07, 6.45) is 0.191. The van der Waals surface area contributed by atoms with E-state index in [1.54, 1.807) is 13.0 Å². The zero-order chi connectivity index (χ0) is 12.8. The zero-order valence-electron chi connectivity index (χ0n) is 9.92. The van der Waals surface area contributed by atoms with Crippen LogP contribution in [0.1, 0.15) is 29.2 Å². The molecule has 0 aliphatic carbocycles. The summed E-state index contributed by atoms with van der Waals surface area (Å²) in [7, 11) is 0. The Hall–Kier alpha value is -1.53. The summed E-state index contributed by atoms with van der Waals surface area (Å²) in [6.45, 7) is 3.95. The van der Waals surface area contributed by atoms with Crippen molar-refractivity contribution >= 4 is 17.6 Å². The maximum atomic E-state index is 11.4. The van der Waals surface area contributed by atoms with Crippen molar-refractivity contribution in [2.45, 2.75) is 26.1 Å². The number of benzene rings is 1. The Kier molecular flexibility index (Phi) is 4.99. The van der Waals surface area contributed by atoms with Gasteiger partial charge in [0.1, 0.15) is 0 Å². The normalized spacial score (nSPS) is 9.76. The van der Waals surface area contributed by atoms with Gasteiger partial charge in [0.15, 0.2) is 0 Å². The van der Waals surface area contributed by atoms with Gasteiger partial charge < -0.3 is 4.74 Å². The van der Waals surface area contributed by atoms with E-state index in [0.717, 1.165) is 16.7 Å². The van der Waals surface area contributed by atoms with E-state index < -0.39 is 0 Å². The molecule has 1 rings (SSSR count). The molecule has 0 spiro atoms. The van der Waals surface area contributed by atoms with Gasteiger partial charge in [0, 0.05) is 5.88 Å². The molecule has 3 nitrogen and oxygen atoms in total. The Labute approximate surface area is 106 Å². The van der Waals surface area contributed by atoms with Crippen LogP contribution in [0.15, 0.2) is 12.1 Å². The zero-order valence-corrected chi connectivity index (χ0v) is 10.7. The summed E-state index contributed by atoms with van der Waals surface area (Å²) in [4.78, 5) is 11.4. The van der Waals surface area contributed by atoms with E-state index in [9.17, 15) is 4.79 Å². The summed E-state index contributed by atoms with van der Waals surface area (Å²) < 4.78 is 4.88. The fourth-order valence-electron chi connectivity index (χ4n) is 1.64. The van der Waals surface area contributed by atoms with Crippen LogP contribution in [-0.4, -0.2) is 12.6 Å². The second-order valence-electron chi connectivity index (χ2n) is 3.61. The number of carbonyl (C=O) groups is 1. The molecule has 0 fully saturated rings. The van der Waals surface area contributed by atoms with Gasteiger partial charge in [-0.15, -0.1) is 11.6 Å². The number of nitriles is 1. The van der Waals surface area contributed by atoms with E-state index in [1.165, 1.54) is 0 Å². The summed E-state index contributed by atoms with van der Waals surface area (Å²) in [6, 6.07) is 5.73. The molecule has 1 aromatic rings. The van der Waals surface area contributed by atoms with Crippen LogP contribution < -0.4 is 0 Å². The van der Waals surface area contributed by atoms with Crippen LogP contribution in [-0.2, 0) is 21.8 Å². The predicted molar refractivity (Wildman–Crippen MR) is 65.8 cm³/mol. The smallest absolute Gasteiger partial charge is 0.310 e. The molecule has 90 valence electrons. The van der Waals surface area contributed by atoms with E-state index >= 15 is 0 Å². The third-order valence-corrected chi connectivity index (χ3v) is 2.85. The highest BCUT2D eigenvalue weighted by Crippen LogP contribution is 2.20. The van der Waals surface area contributed by atoms with E-state index in [1.807, 2.05) is 13.0 Å². The van der Waals surface area contributed by atoms with Gasteiger partial charge >= 0.3 is 5.97 Å². The number of alkyl halides is 1. The number of halogens is 1. The van der Waals surface area contributed by atoms with Gasteiger partial charge in [0.25, 0.3) is 0 Å². The van der Waals surface area contributed by atoms with Crippen LogP contribution in [0, 0.1) is 18.3 Å². The summed E-state index contributed by atoms with van der Waals surface area (Å²) in [5, 5.41) is 9.07. The second kappa shape index (κ2) is 6.27. The largest absolute Gasteiger partial charge is 0.466 e. The highest BCUT2D eigenvalue weighted by Gasteiger charge is 2.12. The van der Waals surface area contributed by atoms with Gasteiger partial charge in [-0.2, -0.15) is 5.26 Å². The fraction of sp³-hybridized carbons (Fsp3) is 0.385.